The van der Waals surface area contributed by atoms with E-state index in [1.807, 2.05) is 0 Å². The first-order valence-corrected chi connectivity index (χ1v) is 6.63. The second kappa shape index (κ2) is 5.87. The molecule has 1 saturated carbocycles. The van der Waals surface area contributed by atoms with Crippen LogP contribution >= 0.6 is 23.2 Å². The SMILES string of the molecule is CN(CCNC(=O)c1cc(Cl)nc(Cl)c1)C1CC1. The highest BCUT2D eigenvalue weighted by atomic mass is 35.5. The van der Waals surface area contributed by atoms with Crippen molar-refractivity contribution >= 4 is 29.1 Å². The van der Waals surface area contributed by atoms with Crippen molar-refractivity contribution in [3.8, 4) is 0 Å². The number of nitrogens with one attached hydrogen (secondary N) is 1. The van der Waals surface area contributed by atoms with E-state index in [9.17, 15) is 4.79 Å². The van der Waals surface area contributed by atoms with Crippen LogP contribution in [-0.2, 0) is 0 Å². The van der Waals surface area contributed by atoms with Gasteiger partial charge in [0.25, 0.3) is 5.91 Å². The van der Waals surface area contributed by atoms with Crippen molar-refractivity contribution in [3.05, 3.63) is 28.0 Å². The van der Waals surface area contributed by atoms with E-state index >= 15 is 0 Å². The first kappa shape index (κ1) is 13.6. The maximum atomic E-state index is 11.8. The molecule has 1 aliphatic carbocycles. The average molecular weight is 288 g/mol. The molecule has 4 nitrogen and oxygen atoms in total. The molecule has 0 aliphatic heterocycles. The number of hydrogen-bond donors (Lipinski definition) is 1. The van der Waals surface area contributed by atoms with E-state index < -0.39 is 0 Å². The van der Waals surface area contributed by atoms with Crippen LogP contribution in [0.3, 0.4) is 0 Å². The largest absolute Gasteiger partial charge is 0.351 e. The van der Waals surface area contributed by atoms with Gasteiger partial charge in [-0.25, -0.2) is 4.98 Å². The Kier molecular flexibility index (Phi) is 4.43. The summed E-state index contributed by atoms with van der Waals surface area (Å²) in [5.74, 6) is -0.176. The van der Waals surface area contributed by atoms with E-state index in [1.54, 1.807) is 0 Å². The second-order valence-corrected chi connectivity index (χ2v) is 5.24. The Morgan fingerprint density at radius 3 is 2.61 bits per heavy atom. The fraction of sp³-hybridized carbons (Fsp3) is 0.500. The topological polar surface area (TPSA) is 45.2 Å². The van der Waals surface area contributed by atoms with Crippen molar-refractivity contribution in [2.45, 2.75) is 18.9 Å². The molecule has 1 heterocycles. The average Bonchev–Trinajstić information content (AvgIpc) is 3.11. The quantitative estimate of drug-likeness (QED) is 0.845. The van der Waals surface area contributed by atoms with Crippen molar-refractivity contribution in [1.82, 2.24) is 15.2 Å². The molecular formula is C12H15Cl2N3O. The summed E-state index contributed by atoms with van der Waals surface area (Å²) in [6, 6.07) is 3.72. The molecule has 1 aromatic heterocycles. The van der Waals surface area contributed by atoms with Crippen molar-refractivity contribution in [3.63, 3.8) is 0 Å². The number of halogens is 2. The Hall–Kier alpha value is -0.840. The molecule has 18 heavy (non-hydrogen) atoms. The van der Waals surface area contributed by atoms with Crippen LogP contribution in [0.1, 0.15) is 23.2 Å². The predicted octanol–water partition coefficient (Wildman–Crippen LogP) is 2.21. The summed E-state index contributed by atoms with van der Waals surface area (Å²) in [6.07, 6.45) is 2.53. The highest BCUT2D eigenvalue weighted by molar-refractivity contribution is 6.33. The third-order valence-electron chi connectivity index (χ3n) is 2.95. The van der Waals surface area contributed by atoms with E-state index in [1.165, 1.54) is 25.0 Å². The molecule has 98 valence electrons. The third kappa shape index (κ3) is 3.83. The number of likely N-dealkylation sites (N-methyl/N-ethyl adjacent to an activating group) is 1. The predicted molar refractivity (Wildman–Crippen MR) is 72.2 cm³/mol. The molecule has 1 aliphatic rings. The minimum Gasteiger partial charge on any atom is -0.351 e. The van der Waals surface area contributed by atoms with Gasteiger partial charge >= 0.3 is 0 Å². The monoisotopic (exact) mass is 287 g/mol. The number of aromatic nitrogens is 1. The van der Waals surface area contributed by atoms with Gasteiger partial charge in [0.2, 0.25) is 0 Å². The summed E-state index contributed by atoms with van der Waals surface area (Å²) >= 11 is 11.5. The molecule has 0 saturated heterocycles. The standard InChI is InChI=1S/C12H15Cl2N3O/c1-17(9-2-3-9)5-4-15-12(18)8-6-10(13)16-11(14)7-8/h6-7,9H,2-5H2,1H3,(H,15,18). The fourth-order valence-electron chi connectivity index (χ4n) is 1.74. The zero-order chi connectivity index (χ0) is 13.1. The molecule has 1 amide bonds. The summed E-state index contributed by atoms with van der Waals surface area (Å²) in [5.41, 5.74) is 0.439. The molecule has 0 atom stereocenters. The fourth-order valence-corrected chi connectivity index (χ4v) is 2.20. The first-order valence-electron chi connectivity index (χ1n) is 5.88. The van der Waals surface area contributed by atoms with Crippen LogP contribution in [0.25, 0.3) is 0 Å². The maximum Gasteiger partial charge on any atom is 0.251 e. The number of carbonyl (C=O) groups is 1. The van der Waals surface area contributed by atoms with Crippen molar-refractivity contribution < 1.29 is 4.79 Å². The zero-order valence-electron chi connectivity index (χ0n) is 10.1. The number of carbonyl (C=O) groups excluding carboxylic acids is 1. The highest BCUT2D eigenvalue weighted by Gasteiger charge is 2.25. The summed E-state index contributed by atoms with van der Waals surface area (Å²) in [7, 11) is 2.07. The molecule has 1 aromatic rings. The van der Waals surface area contributed by atoms with Crippen molar-refractivity contribution in [2.24, 2.45) is 0 Å². The van der Waals surface area contributed by atoms with Gasteiger partial charge in [0.05, 0.1) is 0 Å². The van der Waals surface area contributed by atoms with Gasteiger partial charge in [-0.1, -0.05) is 23.2 Å². The van der Waals surface area contributed by atoms with E-state index in [0.717, 1.165) is 6.54 Å². The van der Waals surface area contributed by atoms with Crippen LogP contribution in [-0.4, -0.2) is 42.0 Å². The zero-order valence-corrected chi connectivity index (χ0v) is 11.6. The molecule has 1 N–H and O–H groups in total. The molecule has 0 radical (unpaired) electrons. The Labute approximate surface area is 116 Å². The maximum absolute atomic E-state index is 11.8. The van der Waals surface area contributed by atoms with Crippen molar-refractivity contribution in [1.29, 1.82) is 0 Å². The normalized spacial score (nSPS) is 14.9. The lowest BCUT2D eigenvalue weighted by Gasteiger charge is -2.15. The van der Waals surface area contributed by atoms with Gasteiger partial charge in [-0.15, -0.1) is 0 Å². The van der Waals surface area contributed by atoms with E-state index in [2.05, 4.69) is 22.2 Å². The number of rotatable bonds is 5. The van der Waals surface area contributed by atoms with Crippen LogP contribution in [0.5, 0.6) is 0 Å². The van der Waals surface area contributed by atoms with Gasteiger partial charge in [0.1, 0.15) is 10.3 Å². The number of hydrogen-bond acceptors (Lipinski definition) is 3. The van der Waals surface area contributed by atoms with Crippen LogP contribution in [0, 0.1) is 0 Å². The minimum atomic E-state index is -0.176. The number of pyridine rings is 1. The lowest BCUT2D eigenvalue weighted by atomic mass is 10.2. The Morgan fingerprint density at radius 2 is 2.06 bits per heavy atom. The number of amides is 1. The van der Waals surface area contributed by atoms with Gasteiger partial charge in [0, 0.05) is 24.7 Å². The van der Waals surface area contributed by atoms with Gasteiger partial charge in [-0.2, -0.15) is 0 Å². The van der Waals surface area contributed by atoms with E-state index in [0.29, 0.717) is 18.2 Å². The summed E-state index contributed by atoms with van der Waals surface area (Å²) < 4.78 is 0. The summed E-state index contributed by atoms with van der Waals surface area (Å²) in [4.78, 5) is 17.9. The van der Waals surface area contributed by atoms with E-state index in [-0.39, 0.29) is 16.2 Å². The lowest BCUT2D eigenvalue weighted by Crippen LogP contribution is -2.34. The molecule has 2 rings (SSSR count). The first-order chi connectivity index (χ1) is 8.56. The minimum absolute atomic E-state index is 0.176. The second-order valence-electron chi connectivity index (χ2n) is 4.47. The number of nitrogens with zero attached hydrogens (tertiary/aromatic N) is 2. The third-order valence-corrected chi connectivity index (χ3v) is 3.33. The smallest absolute Gasteiger partial charge is 0.251 e. The van der Waals surface area contributed by atoms with Gasteiger partial charge in [-0.05, 0) is 32.0 Å². The molecule has 6 heteroatoms. The van der Waals surface area contributed by atoms with Crippen LogP contribution in [0.4, 0.5) is 0 Å². The molecule has 1 fully saturated rings. The molecule has 0 aromatic carbocycles. The van der Waals surface area contributed by atoms with Gasteiger partial charge in [-0.3, -0.25) is 4.79 Å². The van der Waals surface area contributed by atoms with Crippen LogP contribution in [0.2, 0.25) is 10.3 Å². The van der Waals surface area contributed by atoms with Gasteiger partial charge in [0.15, 0.2) is 0 Å². The molecule has 0 unspecified atom stereocenters. The highest BCUT2D eigenvalue weighted by Crippen LogP contribution is 2.24. The van der Waals surface area contributed by atoms with E-state index in [4.69, 9.17) is 23.2 Å². The van der Waals surface area contributed by atoms with Crippen molar-refractivity contribution in [2.75, 3.05) is 20.1 Å². The Bertz CT molecular complexity index is 429. The van der Waals surface area contributed by atoms with Crippen LogP contribution < -0.4 is 5.32 Å². The van der Waals surface area contributed by atoms with Gasteiger partial charge < -0.3 is 10.2 Å². The molecule has 0 spiro atoms. The lowest BCUT2D eigenvalue weighted by molar-refractivity contribution is 0.0949. The summed E-state index contributed by atoms with van der Waals surface area (Å²) in [5, 5.41) is 3.29. The Balaban J connectivity index is 1.83. The summed E-state index contributed by atoms with van der Waals surface area (Å²) in [6.45, 7) is 1.46. The van der Waals surface area contributed by atoms with Crippen LogP contribution in [0.15, 0.2) is 12.1 Å². The molecule has 0 bridgehead atoms. The Morgan fingerprint density at radius 1 is 1.44 bits per heavy atom. The molecular weight excluding hydrogens is 273 g/mol.